The highest BCUT2D eigenvalue weighted by Gasteiger charge is 2.23. The van der Waals surface area contributed by atoms with E-state index in [9.17, 15) is 0 Å². The molecule has 0 spiro atoms. The standard InChI is InChI=1S/C38H23N5/c1-3-9-24(10-4-1)42-32-14-8-7-13-27(32)29-15-16-30-34-33(43(37(30)36(29)42)25-11-5-2-6-12-25)18-17-28-26-19-20-39-23-31(26)38-40-21-22-41(38)35(28)34/h1-23H. The van der Waals surface area contributed by atoms with E-state index in [0.29, 0.717) is 0 Å². The van der Waals surface area contributed by atoms with Gasteiger partial charge in [-0.1, -0.05) is 72.8 Å². The van der Waals surface area contributed by atoms with E-state index in [2.05, 4.69) is 140 Å². The Morgan fingerprint density at radius 2 is 1.09 bits per heavy atom. The first-order valence-corrected chi connectivity index (χ1v) is 14.5. The van der Waals surface area contributed by atoms with Crippen LogP contribution in [0, 0.1) is 0 Å². The molecular formula is C38H23N5. The van der Waals surface area contributed by atoms with Crippen molar-refractivity contribution in [2.24, 2.45) is 0 Å². The molecule has 43 heavy (non-hydrogen) atoms. The number of rotatable bonds is 2. The van der Waals surface area contributed by atoms with Gasteiger partial charge in [-0.05, 0) is 47.9 Å². The number of benzene rings is 5. The zero-order chi connectivity index (χ0) is 28.1. The summed E-state index contributed by atoms with van der Waals surface area (Å²) in [6, 6.07) is 41.5. The molecule has 10 aromatic rings. The molecule has 0 aliphatic carbocycles. The van der Waals surface area contributed by atoms with Gasteiger partial charge < -0.3 is 9.13 Å². The number of hydrogen-bond acceptors (Lipinski definition) is 2. The fourth-order valence-corrected chi connectivity index (χ4v) is 7.27. The third kappa shape index (κ3) is 2.90. The Bertz CT molecular complexity index is 2710. The van der Waals surface area contributed by atoms with Crippen molar-refractivity contribution in [3.63, 3.8) is 0 Å². The lowest BCUT2D eigenvalue weighted by molar-refractivity contribution is 1.15. The Hall–Kier alpha value is -5.94. The van der Waals surface area contributed by atoms with E-state index < -0.39 is 0 Å². The maximum atomic E-state index is 4.79. The fraction of sp³-hybridized carbons (Fsp3) is 0. The van der Waals surface area contributed by atoms with Gasteiger partial charge in [-0.15, -0.1) is 0 Å². The molecule has 0 amide bonds. The van der Waals surface area contributed by atoms with Crippen molar-refractivity contribution >= 4 is 70.9 Å². The van der Waals surface area contributed by atoms with E-state index in [1.807, 2.05) is 18.6 Å². The summed E-state index contributed by atoms with van der Waals surface area (Å²) < 4.78 is 7.12. The number of pyridine rings is 2. The molecule has 0 bridgehead atoms. The summed E-state index contributed by atoms with van der Waals surface area (Å²) in [5.74, 6) is 0. The second-order valence-electron chi connectivity index (χ2n) is 11.1. The van der Waals surface area contributed by atoms with E-state index in [1.54, 1.807) is 0 Å². The van der Waals surface area contributed by atoms with Gasteiger partial charge in [0.15, 0.2) is 0 Å². The highest BCUT2D eigenvalue weighted by molar-refractivity contribution is 6.30. The second kappa shape index (κ2) is 8.30. The first-order valence-electron chi connectivity index (χ1n) is 14.5. The molecule has 0 radical (unpaired) electrons. The quantitative estimate of drug-likeness (QED) is 0.202. The van der Waals surface area contributed by atoms with Crippen molar-refractivity contribution in [2.45, 2.75) is 0 Å². The second-order valence-corrected chi connectivity index (χ2v) is 11.1. The zero-order valence-corrected chi connectivity index (χ0v) is 23.0. The van der Waals surface area contributed by atoms with E-state index in [1.165, 1.54) is 43.5 Å². The first-order chi connectivity index (χ1) is 21.4. The van der Waals surface area contributed by atoms with Crippen molar-refractivity contribution in [3.8, 4) is 11.4 Å². The molecule has 0 aliphatic heterocycles. The molecule has 5 aromatic carbocycles. The van der Waals surface area contributed by atoms with Gasteiger partial charge >= 0.3 is 0 Å². The monoisotopic (exact) mass is 549 g/mol. The number of nitrogens with zero attached hydrogens (tertiary/aromatic N) is 5. The van der Waals surface area contributed by atoms with Crippen molar-refractivity contribution in [3.05, 3.63) is 140 Å². The Labute approximate surface area is 245 Å². The number of para-hydroxylation sites is 3. The number of hydrogen-bond donors (Lipinski definition) is 0. The highest BCUT2D eigenvalue weighted by Crippen LogP contribution is 2.44. The Morgan fingerprint density at radius 3 is 1.91 bits per heavy atom. The summed E-state index contributed by atoms with van der Waals surface area (Å²) >= 11 is 0. The summed E-state index contributed by atoms with van der Waals surface area (Å²) in [6.07, 6.45) is 7.77. The molecule has 10 rings (SSSR count). The third-order valence-corrected chi connectivity index (χ3v) is 8.96. The summed E-state index contributed by atoms with van der Waals surface area (Å²) in [5.41, 5.74) is 9.10. The van der Waals surface area contributed by atoms with Gasteiger partial charge in [0.2, 0.25) is 0 Å². The van der Waals surface area contributed by atoms with Gasteiger partial charge in [-0.2, -0.15) is 0 Å². The predicted octanol–water partition coefficient (Wildman–Crippen LogP) is 9.23. The smallest absolute Gasteiger partial charge is 0.146 e. The Kier molecular flexibility index (Phi) is 4.39. The fourth-order valence-electron chi connectivity index (χ4n) is 7.27. The topological polar surface area (TPSA) is 40.1 Å². The van der Waals surface area contributed by atoms with Crippen molar-refractivity contribution in [2.75, 3.05) is 0 Å². The average molecular weight is 550 g/mol. The van der Waals surface area contributed by atoms with Crippen LogP contribution < -0.4 is 0 Å². The SMILES string of the molecule is c1ccc(-n2c3ccccc3c3ccc4c5c(ccc6c7ccncc7c7nccn7c65)n(-c5ccccc5)c4c32)cc1. The maximum absolute atomic E-state index is 4.79. The summed E-state index contributed by atoms with van der Waals surface area (Å²) in [4.78, 5) is 9.23. The molecule has 0 N–H and O–H groups in total. The van der Waals surface area contributed by atoms with E-state index in [0.717, 1.165) is 38.8 Å². The largest absolute Gasteiger partial charge is 0.307 e. The van der Waals surface area contributed by atoms with Crippen LogP contribution in [0.1, 0.15) is 0 Å². The van der Waals surface area contributed by atoms with Crippen LogP contribution in [-0.2, 0) is 0 Å². The van der Waals surface area contributed by atoms with E-state index >= 15 is 0 Å². The van der Waals surface area contributed by atoms with Crippen LogP contribution in [0.4, 0.5) is 0 Å². The summed E-state index contributed by atoms with van der Waals surface area (Å²) in [5, 5.41) is 8.30. The average Bonchev–Trinajstić information content (AvgIpc) is 3.78. The highest BCUT2D eigenvalue weighted by atomic mass is 15.1. The van der Waals surface area contributed by atoms with Gasteiger partial charge in [0, 0.05) is 68.5 Å². The molecular weight excluding hydrogens is 526 g/mol. The van der Waals surface area contributed by atoms with Crippen molar-refractivity contribution in [1.29, 1.82) is 0 Å². The van der Waals surface area contributed by atoms with Crippen molar-refractivity contribution < 1.29 is 0 Å². The maximum Gasteiger partial charge on any atom is 0.146 e. The molecule has 0 fully saturated rings. The van der Waals surface area contributed by atoms with E-state index in [4.69, 9.17) is 4.98 Å². The van der Waals surface area contributed by atoms with Gasteiger partial charge in [0.05, 0.1) is 27.6 Å². The third-order valence-electron chi connectivity index (χ3n) is 8.96. The molecule has 200 valence electrons. The molecule has 5 heterocycles. The summed E-state index contributed by atoms with van der Waals surface area (Å²) in [7, 11) is 0. The van der Waals surface area contributed by atoms with Gasteiger partial charge in [-0.25, -0.2) is 4.98 Å². The van der Waals surface area contributed by atoms with Crippen LogP contribution in [0.5, 0.6) is 0 Å². The molecule has 0 saturated carbocycles. The van der Waals surface area contributed by atoms with Gasteiger partial charge in [0.25, 0.3) is 0 Å². The minimum atomic E-state index is 0.920. The Balaban J connectivity index is 1.54. The van der Waals surface area contributed by atoms with E-state index in [-0.39, 0.29) is 0 Å². The van der Waals surface area contributed by atoms with Crippen LogP contribution in [0.2, 0.25) is 0 Å². The van der Waals surface area contributed by atoms with Crippen molar-refractivity contribution in [1.82, 2.24) is 23.5 Å². The van der Waals surface area contributed by atoms with Crippen LogP contribution in [0.25, 0.3) is 82.3 Å². The molecule has 5 nitrogen and oxygen atoms in total. The molecule has 5 heteroatoms. The van der Waals surface area contributed by atoms with Crippen LogP contribution >= 0.6 is 0 Å². The van der Waals surface area contributed by atoms with Gasteiger partial charge in [-0.3, -0.25) is 9.38 Å². The molecule has 0 unspecified atom stereocenters. The number of fused-ring (bicyclic) bond motifs is 14. The normalized spacial score (nSPS) is 12.2. The number of imidazole rings is 1. The minimum Gasteiger partial charge on any atom is -0.307 e. The molecule has 5 aromatic heterocycles. The van der Waals surface area contributed by atoms with Gasteiger partial charge in [0.1, 0.15) is 5.65 Å². The Morgan fingerprint density at radius 1 is 0.442 bits per heavy atom. The first kappa shape index (κ1) is 22.7. The van der Waals surface area contributed by atoms with Crippen LogP contribution in [-0.4, -0.2) is 23.5 Å². The minimum absolute atomic E-state index is 0.920. The van der Waals surface area contributed by atoms with Crippen LogP contribution in [0.3, 0.4) is 0 Å². The molecule has 0 atom stereocenters. The number of aromatic nitrogens is 5. The van der Waals surface area contributed by atoms with Crippen LogP contribution in [0.15, 0.2) is 140 Å². The molecule has 0 saturated heterocycles. The lowest BCUT2D eigenvalue weighted by Crippen LogP contribution is -1.98. The molecule has 0 aliphatic rings. The predicted molar refractivity (Wildman–Crippen MR) is 177 cm³/mol. The summed E-state index contributed by atoms with van der Waals surface area (Å²) in [6.45, 7) is 0. The lowest BCUT2D eigenvalue weighted by atomic mass is 10.0. The lowest BCUT2D eigenvalue weighted by Gasteiger charge is -2.12. The zero-order valence-electron chi connectivity index (χ0n) is 23.0.